The maximum absolute atomic E-state index is 13.5. The molecule has 202 valence electrons. The molecule has 0 fully saturated rings. The third-order valence-corrected chi connectivity index (χ3v) is 6.91. The van der Waals surface area contributed by atoms with E-state index in [0.29, 0.717) is 40.4 Å². The largest absolute Gasteiger partial charge is 0.480 e. The molecule has 0 saturated carbocycles. The molecule has 39 heavy (non-hydrogen) atoms. The number of halogens is 1. The zero-order chi connectivity index (χ0) is 27.8. The number of rotatable bonds is 12. The smallest absolute Gasteiger partial charge is 0.326 e. The fraction of sp³-hybridized carbons (Fsp3) is 0.226. The van der Waals surface area contributed by atoms with Crippen LogP contribution >= 0.6 is 11.8 Å². The standard InChI is InChI=1S/C31H30FNO5S/c1-20-6-3-4-9-25(20)27-16-21(10-12-26(27)30(34)33-28(31(35)36)14-15-39-2)18-37-19-24-11-13-29(38-24)22-7-5-8-23(32)17-22/h3-13,16-17,28H,14-15,18-19H2,1-2H3,(H,33,34)(H,35,36)/t28-/m0/s1. The van der Waals surface area contributed by atoms with E-state index in [-0.39, 0.29) is 19.0 Å². The van der Waals surface area contributed by atoms with Gasteiger partial charge < -0.3 is 19.6 Å². The predicted molar refractivity (Wildman–Crippen MR) is 151 cm³/mol. The van der Waals surface area contributed by atoms with E-state index in [1.54, 1.807) is 36.4 Å². The highest BCUT2D eigenvalue weighted by Crippen LogP contribution is 2.29. The molecule has 0 saturated heterocycles. The summed E-state index contributed by atoms with van der Waals surface area (Å²) in [5.41, 5.74) is 4.46. The maximum atomic E-state index is 13.5. The van der Waals surface area contributed by atoms with E-state index in [4.69, 9.17) is 9.15 Å². The zero-order valence-electron chi connectivity index (χ0n) is 21.8. The topological polar surface area (TPSA) is 88.8 Å². The lowest BCUT2D eigenvalue weighted by molar-refractivity contribution is -0.139. The summed E-state index contributed by atoms with van der Waals surface area (Å²) in [6, 6.07) is 21.9. The number of aliphatic carboxylic acids is 1. The highest BCUT2D eigenvalue weighted by molar-refractivity contribution is 7.98. The van der Waals surface area contributed by atoms with Crippen LogP contribution in [0.25, 0.3) is 22.5 Å². The molecule has 0 spiro atoms. The summed E-state index contributed by atoms with van der Waals surface area (Å²) in [5.74, 6) is -0.0380. The number of furan rings is 1. The Morgan fingerprint density at radius 3 is 2.56 bits per heavy atom. The van der Waals surface area contributed by atoms with Gasteiger partial charge in [0.2, 0.25) is 0 Å². The third-order valence-electron chi connectivity index (χ3n) is 6.26. The van der Waals surface area contributed by atoms with Crippen molar-refractivity contribution < 1.29 is 28.2 Å². The minimum absolute atomic E-state index is 0.215. The number of ether oxygens (including phenoxy) is 1. The molecular weight excluding hydrogens is 517 g/mol. The number of hydrogen-bond donors (Lipinski definition) is 2. The van der Waals surface area contributed by atoms with Gasteiger partial charge in [0, 0.05) is 11.1 Å². The van der Waals surface area contributed by atoms with Gasteiger partial charge >= 0.3 is 5.97 Å². The summed E-state index contributed by atoms with van der Waals surface area (Å²) < 4.78 is 25.2. The van der Waals surface area contributed by atoms with E-state index in [9.17, 15) is 19.1 Å². The number of amides is 1. The Morgan fingerprint density at radius 2 is 1.82 bits per heavy atom. The Kier molecular flexibility index (Phi) is 9.57. The fourth-order valence-electron chi connectivity index (χ4n) is 4.23. The predicted octanol–water partition coefficient (Wildman–Crippen LogP) is 6.71. The van der Waals surface area contributed by atoms with Gasteiger partial charge in [0.05, 0.1) is 6.61 Å². The van der Waals surface area contributed by atoms with Crippen LogP contribution < -0.4 is 5.32 Å². The third kappa shape index (κ3) is 7.37. The van der Waals surface area contributed by atoms with Crippen LogP contribution in [0.1, 0.15) is 33.7 Å². The van der Waals surface area contributed by atoms with Gasteiger partial charge in [-0.05, 0) is 84.0 Å². The molecule has 0 aliphatic heterocycles. The second kappa shape index (κ2) is 13.3. The minimum Gasteiger partial charge on any atom is -0.480 e. The molecule has 0 unspecified atom stereocenters. The molecule has 1 aromatic heterocycles. The van der Waals surface area contributed by atoms with E-state index in [2.05, 4.69) is 5.32 Å². The van der Waals surface area contributed by atoms with Crippen LogP contribution in [0.3, 0.4) is 0 Å². The molecule has 6 nitrogen and oxygen atoms in total. The van der Waals surface area contributed by atoms with Crippen LogP contribution in [-0.4, -0.2) is 35.0 Å². The molecule has 1 heterocycles. The van der Waals surface area contributed by atoms with Crippen molar-refractivity contribution in [1.29, 1.82) is 0 Å². The SMILES string of the molecule is CSCC[C@H](NC(=O)c1ccc(COCc2ccc(-c3cccc(F)c3)o2)cc1-c1ccccc1C)C(=O)O. The summed E-state index contributed by atoms with van der Waals surface area (Å²) in [6.07, 6.45) is 2.23. The first-order valence-corrected chi connectivity index (χ1v) is 13.9. The average molecular weight is 548 g/mol. The highest BCUT2D eigenvalue weighted by atomic mass is 32.2. The maximum Gasteiger partial charge on any atom is 0.326 e. The van der Waals surface area contributed by atoms with Crippen LogP contribution in [-0.2, 0) is 22.7 Å². The van der Waals surface area contributed by atoms with Crippen molar-refractivity contribution in [2.45, 2.75) is 32.6 Å². The molecule has 4 aromatic rings. The lowest BCUT2D eigenvalue weighted by Crippen LogP contribution is -2.41. The summed E-state index contributed by atoms with van der Waals surface area (Å²) in [7, 11) is 0. The molecule has 0 aliphatic carbocycles. The first kappa shape index (κ1) is 28.1. The summed E-state index contributed by atoms with van der Waals surface area (Å²) >= 11 is 1.53. The van der Waals surface area contributed by atoms with Crippen molar-refractivity contribution in [3.05, 3.63) is 107 Å². The van der Waals surface area contributed by atoms with E-state index < -0.39 is 17.9 Å². The van der Waals surface area contributed by atoms with Gasteiger partial charge in [-0.1, -0.05) is 42.5 Å². The van der Waals surface area contributed by atoms with E-state index in [0.717, 1.165) is 16.7 Å². The molecule has 1 amide bonds. The Hall–Kier alpha value is -3.88. The Balaban J connectivity index is 1.51. The van der Waals surface area contributed by atoms with Gasteiger partial charge in [0.1, 0.15) is 30.0 Å². The average Bonchev–Trinajstić information content (AvgIpc) is 3.40. The van der Waals surface area contributed by atoms with Crippen molar-refractivity contribution in [2.75, 3.05) is 12.0 Å². The zero-order valence-corrected chi connectivity index (χ0v) is 22.6. The molecular formula is C31H30FNO5S. The monoisotopic (exact) mass is 547 g/mol. The van der Waals surface area contributed by atoms with Crippen molar-refractivity contribution in [1.82, 2.24) is 5.32 Å². The number of aryl methyl sites for hydroxylation is 1. The molecule has 1 atom stereocenters. The van der Waals surface area contributed by atoms with Gasteiger partial charge in [0.15, 0.2) is 0 Å². The molecule has 3 aromatic carbocycles. The van der Waals surface area contributed by atoms with Crippen molar-refractivity contribution >= 4 is 23.6 Å². The van der Waals surface area contributed by atoms with Gasteiger partial charge in [-0.25, -0.2) is 9.18 Å². The van der Waals surface area contributed by atoms with Crippen LogP contribution in [0.4, 0.5) is 4.39 Å². The lowest BCUT2D eigenvalue weighted by atomic mass is 9.93. The summed E-state index contributed by atoms with van der Waals surface area (Å²) in [4.78, 5) is 24.9. The van der Waals surface area contributed by atoms with Crippen LogP contribution in [0.5, 0.6) is 0 Å². The minimum atomic E-state index is -1.06. The van der Waals surface area contributed by atoms with Gasteiger partial charge in [-0.15, -0.1) is 0 Å². The number of carboxylic acid groups (broad SMARTS) is 1. The second-order valence-electron chi connectivity index (χ2n) is 9.11. The number of carbonyl (C=O) groups excluding carboxylic acids is 1. The number of nitrogens with one attached hydrogen (secondary N) is 1. The molecule has 0 bridgehead atoms. The molecule has 4 rings (SSSR count). The Morgan fingerprint density at radius 1 is 1.00 bits per heavy atom. The van der Waals surface area contributed by atoms with E-state index >= 15 is 0 Å². The van der Waals surface area contributed by atoms with Gasteiger partial charge in [-0.2, -0.15) is 11.8 Å². The lowest BCUT2D eigenvalue weighted by Gasteiger charge is -2.17. The van der Waals surface area contributed by atoms with Crippen molar-refractivity contribution in [3.63, 3.8) is 0 Å². The Labute approximate surface area is 231 Å². The first-order chi connectivity index (χ1) is 18.9. The fourth-order valence-corrected chi connectivity index (χ4v) is 4.70. The number of benzene rings is 3. The highest BCUT2D eigenvalue weighted by Gasteiger charge is 2.22. The number of thioether (sulfide) groups is 1. The molecule has 0 aliphatic rings. The number of carbonyl (C=O) groups is 2. The van der Waals surface area contributed by atoms with Crippen molar-refractivity contribution in [2.24, 2.45) is 0 Å². The summed E-state index contributed by atoms with van der Waals surface area (Å²) in [6.45, 7) is 2.45. The van der Waals surface area contributed by atoms with Crippen LogP contribution in [0.2, 0.25) is 0 Å². The normalized spacial score (nSPS) is 11.8. The van der Waals surface area contributed by atoms with Crippen molar-refractivity contribution in [3.8, 4) is 22.5 Å². The second-order valence-corrected chi connectivity index (χ2v) is 10.1. The van der Waals surface area contributed by atoms with Crippen LogP contribution in [0.15, 0.2) is 83.3 Å². The Bertz CT molecular complexity index is 1450. The molecule has 0 radical (unpaired) electrons. The van der Waals surface area contributed by atoms with E-state index in [1.165, 1.54) is 23.9 Å². The van der Waals surface area contributed by atoms with Crippen LogP contribution in [0, 0.1) is 12.7 Å². The van der Waals surface area contributed by atoms with Gasteiger partial charge in [-0.3, -0.25) is 4.79 Å². The first-order valence-electron chi connectivity index (χ1n) is 12.5. The van der Waals surface area contributed by atoms with E-state index in [1.807, 2.05) is 43.5 Å². The van der Waals surface area contributed by atoms with Gasteiger partial charge in [0.25, 0.3) is 5.91 Å². The number of hydrogen-bond acceptors (Lipinski definition) is 5. The quantitative estimate of drug-likeness (QED) is 0.205. The summed E-state index contributed by atoms with van der Waals surface area (Å²) in [5, 5.41) is 12.3. The molecule has 8 heteroatoms. The number of carboxylic acids is 1. The molecule has 2 N–H and O–H groups in total.